The van der Waals surface area contributed by atoms with Crippen LogP contribution in [0, 0.1) is 0 Å². The molecule has 0 saturated carbocycles. The number of aromatic nitrogens is 2. The van der Waals surface area contributed by atoms with Gasteiger partial charge in [0.15, 0.2) is 0 Å². The van der Waals surface area contributed by atoms with Gasteiger partial charge in [-0.05, 0) is 25.4 Å². The maximum Gasteiger partial charge on any atom is 0.349 e. The van der Waals surface area contributed by atoms with Crippen molar-refractivity contribution in [3.05, 3.63) is 17.5 Å². The molecule has 1 heterocycles. The molecule has 0 bridgehead atoms. The second-order valence-electron chi connectivity index (χ2n) is 3.27. The third-order valence-electron chi connectivity index (χ3n) is 1.64. The summed E-state index contributed by atoms with van der Waals surface area (Å²) in [7, 11) is 1.29. The van der Waals surface area contributed by atoms with Gasteiger partial charge >= 0.3 is 5.97 Å². The van der Waals surface area contributed by atoms with Gasteiger partial charge in [0.1, 0.15) is 0 Å². The Hall–Kier alpha value is -1.36. The van der Waals surface area contributed by atoms with Crippen LogP contribution in [0.2, 0.25) is 5.28 Å². The van der Waals surface area contributed by atoms with E-state index in [-0.39, 0.29) is 11.2 Å². The van der Waals surface area contributed by atoms with Crippen molar-refractivity contribution in [2.24, 2.45) is 0 Å². The van der Waals surface area contributed by atoms with Crippen LogP contribution < -0.4 is 4.74 Å². The Bertz CT molecular complexity index is 368. The highest BCUT2D eigenvalue weighted by atomic mass is 35.5. The van der Waals surface area contributed by atoms with Crippen molar-refractivity contribution in [1.29, 1.82) is 0 Å². The average molecular weight is 231 g/mol. The summed E-state index contributed by atoms with van der Waals surface area (Å²) in [5.41, 5.74) is -1.10. The van der Waals surface area contributed by atoms with E-state index in [4.69, 9.17) is 16.3 Å². The zero-order valence-electron chi connectivity index (χ0n) is 8.65. The highest BCUT2D eigenvalue weighted by Gasteiger charge is 2.31. The molecule has 0 unspecified atom stereocenters. The number of ether oxygens (including phenoxy) is 2. The van der Waals surface area contributed by atoms with Crippen molar-refractivity contribution in [3.8, 4) is 5.88 Å². The lowest BCUT2D eigenvalue weighted by Gasteiger charge is -2.22. The Balaban J connectivity index is 2.81. The number of halogens is 1. The van der Waals surface area contributed by atoms with Crippen molar-refractivity contribution >= 4 is 17.6 Å². The molecule has 1 rings (SSSR count). The second kappa shape index (κ2) is 4.44. The first kappa shape index (κ1) is 11.7. The largest absolute Gasteiger partial charge is 0.466 e. The molecule has 15 heavy (non-hydrogen) atoms. The van der Waals surface area contributed by atoms with Crippen molar-refractivity contribution in [2.45, 2.75) is 19.4 Å². The van der Waals surface area contributed by atoms with Crippen LogP contribution in [-0.2, 0) is 9.53 Å². The Morgan fingerprint density at radius 3 is 2.73 bits per heavy atom. The standard InChI is InChI=1S/C9H11ClN2O3/c1-9(2,7(13)14-3)15-6-4-5-11-8(10)12-6/h4-5H,1-3H3. The maximum absolute atomic E-state index is 11.3. The van der Waals surface area contributed by atoms with Gasteiger partial charge in [-0.15, -0.1) is 0 Å². The Morgan fingerprint density at radius 1 is 1.53 bits per heavy atom. The molecule has 0 spiro atoms. The lowest BCUT2D eigenvalue weighted by Crippen LogP contribution is -2.39. The van der Waals surface area contributed by atoms with Crippen molar-refractivity contribution in [3.63, 3.8) is 0 Å². The monoisotopic (exact) mass is 230 g/mol. The normalized spacial score (nSPS) is 10.9. The second-order valence-corrected chi connectivity index (χ2v) is 3.61. The lowest BCUT2D eigenvalue weighted by atomic mass is 10.1. The molecular formula is C9H11ClN2O3. The van der Waals surface area contributed by atoms with Crippen LogP contribution in [0.3, 0.4) is 0 Å². The summed E-state index contributed by atoms with van der Waals surface area (Å²) < 4.78 is 9.90. The number of carbonyl (C=O) groups is 1. The summed E-state index contributed by atoms with van der Waals surface area (Å²) in [4.78, 5) is 18.8. The Labute approximate surface area is 92.4 Å². The van der Waals surface area contributed by atoms with E-state index in [0.717, 1.165) is 0 Å². The first-order chi connectivity index (χ1) is 6.95. The van der Waals surface area contributed by atoms with Gasteiger partial charge in [0.2, 0.25) is 16.8 Å². The van der Waals surface area contributed by atoms with E-state index in [0.29, 0.717) is 0 Å². The number of carbonyl (C=O) groups excluding carboxylic acids is 1. The number of nitrogens with zero attached hydrogens (tertiary/aromatic N) is 2. The van der Waals surface area contributed by atoms with Crippen molar-refractivity contribution in [1.82, 2.24) is 9.97 Å². The molecule has 6 heteroatoms. The average Bonchev–Trinajstić information content (AvgIpc) is 2.15. The topological polar surface area (TPSA) is 61.3 Å². The molecule has 0 atom stereocenters. The minimum atomic E-state index is -1.10. The summed E-state index contributed by atoms with van der Waals surface area (Å²) in [6.07, 6.45) is 1.44. The van der Waals surface area contributed by atoms with Crippen LogP contribution >= 0.6 is 11.6 Å². The third kappa shape index (κ3) is 3.06. The number of methoxy groups -OCH3 is 1. The summed E-state index contributed by atoms with van der Waals surface area (Å²) in [6.45, 7) is 3.16. The fourth-order valence-corrected chi connectivity index (χ4v) is 1.06. The molecule has 0 radical (unpaired) electrons. The smallest absolute Gasteiger partial charge is 0.349 e. The molecule has 0 saturated heterocycles. The molecule has 0 aliphatic heterocycles. The molecule has 82 valence electrons. The van der Waals surface area contributed by atoms with E-state index in [2.05, 4.69) is 14.7 Å². The molecule has 0 N–H and O–H groups in total. The van der Waals surface area contributed by atoms with Gasteiger partial charge in [-0.3, -0.25) is 0 Å². The Morgan fingerprint density at radius 2 is 2.20 bits per heavy atom. The first-order valence-corrected chi connectivity index (χ1v) is 4.59. The predicted octanol–water partition coefficient (Wildman–Crippen LogP) is 1.46. The number of hydrogen-bond acceptors (Lipinski definition) is 5. The fourth-order valence-electron chi connectivity index (χ4n) is 0.925. The third-order valence-corrected chi connectivity index (χ3v) is 1.82. The Kier molecular flexibility index (Phi) is 3.47. The van der Waals surface area contributed by atoms with Crippen molar-refractivity contribution < 1.29 is 14.3 Å². The van der Waals surface area contributed by atoms with Gasteiger partial charge in [0.25, 0.3) is 0 Å². The summed E-state index contributed by atoms with van der Waals surface area (Å²) >= 11 is 5.57. The number of esters is 1. The van der Waals surface area contributed by atoms with E-state index < -0.39 is 11.6 Å². The molecule has 0 aromatic carbocycles. The SMILES string of the molecule is COC(=O)C(C)(C)Oc1ccnc(Cl)n1. The number of rotatable bonds is 3. The molecule has 1 aromatic heterocycles. The first-order valence-electron chi connectivity index (χ1n) is 4.21. The van der Waals surface area contributed by atoms with E-state index >= 15 is 0 Å². The van der Waals surface area contributed by atoms with Crippen LogP contribution in [0.5, 0.6) is 5.88 Å². The van der Waals surface area contributed by atoms with E-state index in [9.17, 15) is 4.79 Å². The van der Waals surface area contributed by atoms with Gasteiger partial charge in [-0.1, -0.05) is 0 Å². The molecular weight excluding hydrogens is 220 g/mol. The van der Waals surface area contributed by atoms with Gasteiger partial charge in [0.05, 0.1) is 7.11 Å². The van der Waals surface area contributed by atoms with Gasteiger partial charge in [-0.25, -0.2) is 9.78 Å². The molecule has 0 fully saturated rings. The van der Waals surface area contributed by atoms with Crippen LogP contribution in [0.15, 0.2) is 12.3 Å². The van der Waals surface area contributed by atoms with Crippen LogP contribution in [0.1, 0.15) is 13.8 Å². The molecule has 0 amide bonds. The van der Waals surface area contributed by atoms with Crippen LogP contribution in [0.25, 0.3) is 0 Å². The maximum atomic E-state index is 11.3. The zero-order valence-corrected chi connectivity index (χ0v) is 9.41. The van der Waals surface area contributed by atoms with Gasteiger partial charge < -0.3 is 9.47 Å². The summed E-state index contributed by atoms with van der Waals surface area (Å²) in [5, 5.41) is 0.0631. The molecule has 0 aliphatic rings. The zero-order chi connectivity index (χ0) is 11.5. The van der Waals surface area contributed by atoms with E-state index in [1.807, 2.05) is 0 Å². The molecule has 5 nitrogen and oxygen atoms in total. The summed E-state index contributed by atoms with van der Waals surface area (Å²) in [5.74, 6) is -0.261. The van der Waals surface area contributed by atoms with Gasteiger partial charge in [0, 0.05) is 12.3 Å². The fraction of sp³-hybridized carbons (Fsp3) is 0.444. The van der Waals surface area contributed by atoms with E-state index in [1.165, 1.54) is 19.4 Å². The van der Waals surface area contributed by atoms with Crippen LogP contribution in [-0.4, -0.2) is 28.6 Å². The molecule has 1 aromatic rings. The molecule has 0 aliphatic carbocycles. The van der Waals surface area contributed by atoms with E-state index in [1.54, 1.807) is 13.8 Å². The predicted molar refractivity (Wildman–Crippen MR) is 53.8 cm³/mol. The highest BCUT2D eigenvalue weighted by Crippen LogP contribution is 2.17. The highest BCUT2D eigenvalue weighted by molar-refractivity contribution is 6.28. The minimum absolute atomic E-state index is 0.0631. The summed E-state index contributed by atoms with van der Waals surface area (Å²) in [6, 6.07) is 1.51. The quantitative estimate of drug-likeness (QED) is 0.581. The van der Waals surface area contributed by atoms with Crippen LogP contribution in [0.4, 0.5) is 0 Å². The van der Waals surface area contributed by atoms with Crippen molar-refractivity contribution in [2.75, 3.05) is 7.11 Å². The number of hydrogen-bond donors (Lipinski definition) is 0. The van der Waals surface area contributed by atoms with Gasteiger partial charge in [-0.2, -0.15) is 4.98 Å². The lowest BCUT2D eigenvalue weighted by molar-refractivity contribution is -0.156. The minimum Gasteiger partial charge on any atom is -0.466 e.